The van der Waals surface area contributed by atoms with Crippen molar-refractivity contribution < 1.29 is 4.79 Å². The van der Waals surface area contributed by atoms with Crippen LogP contribution in [0.1, 0.15) is 58.8 Å². The first kappa shape index (κ1) is 12.1. The maximum Gasteiger partial charge on any atom is 0.133 e. The van der Waals surface area contributed by atoms with Gasteiger partial charge in [-0.05, 0) is 43.9 Å². The molecule has 2 heteroatoms. The molecule has 2 unspecified atom stereocenters. The third-order valence-corrected chi connectivity index (χ3v) is 4.09. The summed E-state index contributed by atoms with van der Waals surface area (Å²) >= 11 is 0. The first-order valence-electron chi connectivity index (χ1n) is 6.91. The zero-order valence-electron chi connectivity index (χ0n) is 10.7. The van der Waals surface area contributed by atoms with Crippen LogP contribution in [0.4, 0.5) is 0 Å². The molecular weight excluding hydrogens is 198 g/mol. The monoisotopic (exact) mass is 223 g/mol. The molecule has 0 aliphatic carbocycles. The lowest BCUT2D eigenvalue weighted by Crippen LogP contribution is -2.38. The van der Waals surface area contributed by atoms with E-state index in [2.05, 4.69) is 19.2 Å². The lowest BCUT2D eigenvalue weighted by atomic mass is 9.87. The summed E-state index contributed by atoms with van der Waals surface area (Å²) in [6, 6.07) is 1.45. The molecule has 0 saturated carbocycles. The summed E-state index contributed by atoms with van der Waals surface area (Å²) in [7, 11) is 0. The van der Waals surface area contributed by atoms with Gasteiger partial charge in [0.15, 0.2) is 0 Å². The molecule has 2 atom stereocenters. The molecule has 0 aromatic heterocycles. The molecule has 2 saturated heterocycles. The van der Waals surface area contributed by atoms with Crippen LogP contribution < -0.4 is 5.32 Å². The Morgan fingerprint density at radius 2 is 1.88 bits per heavy atom. The van der Waals surface area contributed by atoms with Crippen molar-refractivity contribution >= 4 is 5.78 Å². The van der Waals surface area contributed by atoms with Gasteiger partial charge in [-0.25, -0.2) is 0 Å². The molecule has 92 valence electrons. The first-order valence-corrected chi connectivity index (χ1v) is 6.91. The zero-order valence-corrected chi connectivity index (χ0v) is 10.7. The van der Waals surface area contributed by atoms with Crippen molar-refractivity contribution in [1.82, 2.24) is 5.32 Å². The van der Waals surface area contributed by atoms with E-state index in [4.69, 9.17) is 0 Å². The number of carbonyl (C=O) groups is 1. The van der Waals surface area contributed by atoms with Gasteiger partial charge in [0.1, 0.15) is 5.78 Å². The molecule has 2 fully saturated rings. The normalized spacial score (nSPS) is 33.3. The van der Waals surface area contributed by atoms with Crippen LogP contribution in [-0.4, -0.2) is 17.9 Å². The standard InChI is InChI=1S/C14H25NO/c1-10(2)3-6-14(16)9-11-7-12-4-5-13(8-11)15-12/h10-13,15H,3-9H2,1-2H3. The van der Waals surface area contributed by atoms with Gasteiger partial charge in [-0.1, -0.05) is 13.8 Å². The summed E-state index contributed by atoms with van der Waals surface area (Å²) < 4.78 is 0. The topological polar surface area (TPSA) is 29.1 Å². The van der Waals surface area contributed by atoms with Crippen molar-refractivity contribution in [3.8, 4) is 0 Å². The van der Waals surface area contributed by atoms with Crippen LogP contribution in [0, 0.1) is 11.8 Å². The number of nitrogens with one attached hydrogen (secondary N) is 1. The molecule has 0 amide bonds. The maximum absolute atomic E-state index is 11.8. The fraction of sp³-hybridized carbons (Fsp3) is 0.929. The van der Waals surface area contributed by atoms with Crippen molar-refractivity contribution in [2.75, 3.05) is 0 Å². The number of Topliss-reactive ketones (excluding diaryl/α,β-unsaturated/α-hetero) is 1. The van der Waals surface area contributed by atoms with Crippen LogP contribution >= 0.6 is 0 Å². The SMILES string of the molecule is CC(C)CCC(=O)CC1CC2CCC(C1)N2. The third-order valence-electron chi connectivity index (χ3n) is 4.09. The third kappa shape index (κ3) is 3.31. The lowest BCUT2D eigenvalue weighted by molar-refractivity contribution is -0.120. The molecule has 2 aliphatic rings. The number of rotatable bonds is 5. The lowest BCUT2D eigenvalue weighted by Gasteiger charge is -2.28. The van der Waals surface area contributed by atoms with Gasteiger partial charge in [-0.3, -0.25) is 4.79 Å². The van der Waals surface area contributed by atoms with Crippen LogP contribution in [0.3, 0.4) is 0 Å². The Kier molecular flexibility index (Phi) is 4.01. The summed E-state index contributed by atoms with van der Waals surface area (Å²) in [5, 5.41) is 3.63. The van der Waals surface area contributed by atoms with Crippen LogP contribution in [0.15, 0.2) is 0 Å². The highest BCUT2D eigenvalue weighted by Gasteiger charge is 2.33. The zero-order chi connectivity index (χ0) is 11.5. The van der Waals surface area contributed by atoms with E-state index in [1.54, 1.807) is 0 Å². The highest BCUT2D eigenvalue weighted by Crippen LogP contribution is 2.33. The second-order valence-corrected chi connectivity index (χ2v) is 6.15. The van der Waals surface area contributed by atoms with E-state index in [1.165, 1.54) is 25.7 Å². The Hall–Kier alpha value is -0.370. The number of ketones is 1. The number of hydrogen-bond acceptors (Lipinski definition) is 2. The molecule has 1 N–H and O–H groups in total. The second kappa shape index (κ2) is 5.31. The molecule has 0 spiro atoms. The molecule has 2 bridgehead atoms. The van der Waals surface area contributed by atoms with Crippen LogP contribution in [0.2, 0.25) is 0 Å². The quantitative estimate of drug-likeness (QED) is 0.776. The molecule has 0 aromatic carbocycles. The Bertz CT molecular complexity index is 237. The summed E-state index contributed by atoms with van der Waals surface area (Å²) in [5.74, 6) is 1.84. The largest absolute Gasteiger partial charge is 0.311 e. The molecule has 16 heavy (non-hydrogen) atoms. The van der Waals surface area contributed by atoms with Gasteiger partial charge in [0, 0.05) is 24.9 Å². The smallest absolute Gasteiger partial charge is 0.133 e. The number of carbonyl (C=O) groups excluding carboxylic acids is 1. The van der Waals surface area contributed by atoms with E-state index in [0.29, 0.717) is 17.6 Å². The van der Waals surface area contributed by atoms with E-state index in [0.717, 1.165) is 31.3 Å². The van der Waals surface area contributed by atoms with Gasteiger partial charge < -0.3 is 5.32 Å². The predicted octanol–water partition coefficient (Wildman–Crippen LogP) is 2.91. The van der Waals surface area contributed by atoms with E-state index in [-0.39, 0.29) is 0 Å². The summed E-state index contributed by atoms with van der Waals surface area (Å²) in [6.07, 6.45) is 7.87. The average molecular weight is 223 g/mol. The van der Waals surface area contributed by atoms with Crippen LogP contribution in [-0.2, 0) is 4.79 Å². The molecule has 2 heterocycles. The average Bonchev–Trinajstić information content (AvgIpc) is 2.55. The van der Waals surface area contributed by atoms with Crippen molar-refractivity contribution in [3.63, 3.8) is 0 Å². The highest BCUT2D eigenvalue weighted by atomic mass is 16.1. The van der Waals surface area contributed by atoms with Gasteiger partial charge in [0.25, 0.3) is 0 Å². The van der Waals surface area contributed by atoms with E-state index in [9.17, 15) is 4.79 Å². The summed E-state index contributed by atoms with van der Waals surface area (Å²) in [5.41, 5.74) is 0. The van der Waals surface area contributed by atoms with E-state index < -0.39 is 0 Å². The van der Waals surface area contributed by atoms with Crippen molar-refractivity contribution in [2.45, 2.75) is 70.9 Å². The Morgan fingerprint density at radius 1 is 1.25 bits per heavy atom. The summed E-state index contributed by atoms with van der Waals surface area (Å²) in [4.78, 5) is 11.8. The molecule has 0 radical (unpaired) electrons. The van der Waals surface area contributed by atoms with Crippen molar-refractivity contribution in [1.29, 1.82) is 0 Å². The number of fused-ring (bicyclic) bond motifs is 2. The number of piperidine rings is 1. The van der Waals surface area contributed by atoms with E-state index in [1.807, 2.05) is 0 Å². The van der Waals surface area contributed by atoms with Crippen LogP contribution in [0.25, 0.3) is 0 Å². The Morgan fingerprint density at radius 3 is 2.44 bits per heavy atom. The van der Waals surface area contributed by atoms with Gasteiger partial charge in [0.2, 0.25) is 0 Å². The highest BCUT2D eigenvalue weighted by molar-refractivity contribution is 5.78. The predicted molar refractivity (Wildman–Crippen MR) is 66.4 cm³/mol. The minimum Gasteiger partial charge on any atom is -0.311 e. The fourth-order valence-electron chi connectivity index (χ4n) is 3.22. The molecule has 0 aromatic rings. The minimum absolute atomic E-state index is 0.500. The number of hydrogen-bond donors (Lipinski definition) is 1. The maximum atomic E-state index is 11.8. The molecule has 2 aliphatic heterocycles. The van der Waals surface area contributed by atoms with Crippen LogP contribution in [0.5, 0.6) is 0 Å². The van der Waals surface area contributed by atoms with Gasteiger partial charge in [0.05, 0.1) is 0 Å². The first-order chi connectivity index (χ1) is 7.63. The molecule has 2 rings (SSSR count). The van der Waals surface area contributed by atoms with E-state index >= 15 is 0 Å². The van der Waals surface area contributed by atoms with Crippen molar-refractivity contribution in [2.24, 2.45) is 11.8 Å². The summed E-state index contributed by atoms with van der Waals surface area (Å²) in [6.45, 7) is 4.38. The fourth-order valence-corrected chi connectivity index (χ4v) is 3.22. The second-order valence-electron chi connectivity index (χ2n) is 6.15. The Balaban J connectivity index is 1.71. The Labute approximate surface area is 99.2 Å². The van der Waals surface area contributed by atoms with Gasteiger partial charge in [-0.15, -0.1) is 0 Å². The molecular formula is C14H25NO. The molecule has 2 nitrogen and oxygen atoms in total. The van der Waals surface area contributed by atoms with Gasteiger partial charge in [-0.2, -0.15) is 0 Å². The minimum atomic E-state index is 0.500. The van der Waals surface area contributed by atoms with Crippen molar-refractivity contribution in [3.05, 3.63) is 0 Å². The van der Waals surface area contributed by atoms with Gasteiger partial charge >= 0.3 is 0 Å².